The summed E-state index contributed by atoms with van der Waals surface area (Å²) in [6, 6.07) is 5.03. The van der Waals surface area contributed by atoms with Gasteiger partial charge in [-0.25, -0.2) is 4.39 Å². The van der Waals surface area contributed by atoms with Crippen LogP contribution in [0.1, 0.15) is 5.56 Å². The first-order valence-corrected chi connectivity index (χ1v) is 6.62. The predicted octanol–water partition coefficient (Wildman–Crippen LogP) is 2.68. The highest BCUT2D eigenvalue weighted by Crippen LogP contribution is 2.18. The quantitative estimate of drug-likeness (QED) is 0.721. The van der Waals surface area contributed by atoms with E-state index in [-0.39, 0.29) is 16.4 Å². The SMILES string of the molecule is COCC(Br)CN(C)Cc1ccc(OC)c(F)c1. The van der Waals surface area contributed by atoms with Crippen molar-refractivity contribution in [1.29, 1.82) is 0 Å². The summed E-state index contributed by atoms with van der Waals surface area (Å²) in [5.74, 6) is -0.0464. The standard InChI is InChI=1S/C13H19BrFNO2/c1-16(8-11(14)9-17-2)7-10-4-5-13(18-3)12(15)6-10/h4-6,11H,7-9H2,1-3H3. The van der Waals surface area contributed by atoms with Gasteiger partial charge in [0, 0.05) is 20.2 Å². The van der Waals surface area contributed by atoms with Crippen molar-refractivity contribution in [1.82, 2.24) is 4.90 Å². The molecule has 18 heavy (non-hydrogen) atoms. The Hall–Kier alpha value is -0.650. The van der Waals surface area contributed by atoms with Crippen molar-refractivity contribution in [2.24, 2.45) is 0 Å². The maximum absolute atomic E-state index is 13.5. The summed E-state index contributed by atoms with van der Waals surface area (Å²) in [6.07, 6.45) is 0. The van der Waals surface area contributed by atoms with Gasteiger partial charge in [0.2, 0.25) is 0 Å². The molecule has 0 aromatic heterocycles. The van der Waals surface area contributed by atoms with Gasteiger partial charge < -0.3 is 14.4 Å². The van der Waals surface area contributed by atoms with Crippen LogP contribution in [0, 0.1) is 5.82 Å². The van der Waals surface area contributed by atoms with E-state index in [0.29, 0.717) is 13.2 Å². The van der Waals surface area contributed by atoms with E-state index in [4.69, 9.17) is 9.47 Å². The molecule has 1 rings (SSSR count). The second-order valence-electron chi connectivity index (χ2n) is 4.22. The summed E-state index contributed by atoms with van der Waals surface area (Å²) in [6.45, 7) is 2.18. The molecule has 0 amide bonds. The second kappa shape index (κ2) is 7.71. The second-order valence-corrected chi connectivity index (χ2v) is 5.51. The fourth-order valence-corrected chi connectivity index (χ4v) is 2.51. The monoisotopic (exact) mass is 319 g/mol. The minimum Gasteiger partial charge on any atom is -0.494 e. The summed E-state index contributed by atoms with van der Waals surface area (Å²) >= 11 is 3.53. The van der Waals surface area contributed by atoms with E-state index in [1.54, 1.807) is 13.2 Å². The fraction of sp³-hybridized carbons (Fsp3) is 0.538. The van der Waals surface area contributed by atoms with Gasteiger partial charge in [-0.05, 0) is 24.7 Å². The molecule has 102 valence electrons. The molecule has 0 radical (unpaired) electrons. The Morgan fingerprint density at radius 1 is 1.39 bits per heavy atom. The van der Waals surface area contributed by atoms with Crippen LogP contribution < -0.4 is 4.74 Å². The lowest BCUT2D eigenvalue weighted by molar-refractivity contribution is 0.185. The maximum Gasteiger partial charge on any atom is 0.165 e. The van der Waals surface area contributed by atoms with E-state index in [9.17, 15) is 4.39 Å². The number of halogens is 2. The summed E-state index contributed by atoms with van der Waals surface area (Å²) in [5.41, 5.74) is 0.924. The third kappa shape index (κ3) is 4.92. The van der Waals surface area contributed by atoms with Crippen molar-refractivity contribution in [2.45, 2.75) is 11.4 Å². The van der Waals surface area contributed by atoms with Gasteiger partial charge in [0.05, 0.1) is 18.5 Å². The normalized spacial score (nSPS) is 12.8. The zero-order valence-electron chi connectivity index (χ0n) is 11.0. The Morgan fingerprint density at radius 2 is 2.11 bits per heavy atom. The first-order valence-electron chi connectivity index (χ1n) is 5.70. The van der Waals surface area contributed by atoms with E-state index in [1.165, 1.54) is 13.2 Å². The Morgan fingerprint density at radius 3 is 2.67 bits per heavy atom. The first-order chi connectivity index (χ1) is 8.56. The zero-order chi connectivity index (χ0) is 13.5. The topological polar surface area (TPSA) is 21.7 Å². The molecule has 1 aromatic rings. The molecule has 0 saturated carbocycles. The molecular formula is C13H19BrFNO2. The number of nitrogens with zero attached hydrogens (tertiary/aromatic N) is 1. The van der Waals surface area contributed by atoms with Crippen LogP contribution in [-0.2, 0) is 11.3 Å². The van der Waals surface area contributed by atoms with Gasteiger partial charge in [0.1, 0.15) is 0 Å². The summed E-state index contributed by atoms with van der Waals surface area (Å²) in [7, 11) is 5.13. The maximum atomic E-state index is 13.5. The van der Waals surface area contributed by atoms with Crippen LogP contribution in [0.2, 0.25) is 0 Å². The summed E-state index contributed by atoms with van der Waals surface area (Å²) in [5, 5.41) is 0. The zero-order valence-corrected chi connectivity index (χ0v) is 12.5. The molecule has 0 N–H and O–H groups in total. The molecule has 0 heterocycles. The van der Waals surface area contributed by atoms with E-state index >= 15 is 0 Å². The Labute approximate surface area is 116 Å². The van der Waals surface area contributed by atoms with E-state index < -0.39 is 0 Å². The Kier molecular flexibility index (Phi) is 6.60. The lowest BCUT2D eigenvalue weighted by atomic mass is 10.2. The van der Waals surface area contributed by atoms with Crippen LogP contribution in [0.25, 0.3) is 0 Å². The molecule has 3 nitrogen and oxygen atoms in total. The molecule has 1 atom stereocenters. The summed E-state index contributed by atoms with van der Waals surface area (Å²) < 4.78 is 23.5. The van der Waals surface area contributed by atoms with E-state index in [2.05, 4.69) is 20.8 Å². The highest BCUT2D eigenvalue weighted by atomic mass is 79.9. The third-order valence-electron chi connectivity index (χ3n) is 2.53. The Bertz CT molecular complexity index is 376. The highest BCUT2D eigenvalue weighted by Gasteiger charge is 2.09. The number of methoxy groups -OCH3 is 2. The van der Waals surface area contributed by atoms with Crippen molar-refractivity contribution in [3.05, 3.63) is 29.6 Å². The highest BCUT2D eigenvalue weighted by molar-refractivity contribution is 9.09. The van der Waals surface area contributed by atoms with E-state index in [0.717, 1.165) is 12.1 Å². The van der Waals surface area contributed by atoms with Crippen molar-refractivity contribution in [3.8, 4) is 5.75 Å². The van der Waals surface area contributed by atoms with Crippen molar-refractivity contribution < 1.29 is 13.9 Å². The van der Waals surface area contributed by atoms with Crippen LogP contribution in [0.15, 0.2) is 18.2 Å². The molecule has 0 aliphatic heterocycles. The molecule has 0 aliphatic carbocycles. The number of rotatable bonds is 7. The molecule has 0 bridgehead atoms. The fourth-order valence-electron chi connectivity index (χ4n) is 1.76. The van der Waals surface area contributed by atoms with Gasteiger partial charge in [0.15, 0.2) is 11.6 Å². The van der Waals surface area contributed by atoms with Gasteiger partial charge in [0.25, 0.3) is 0 Å². The van der Waals surface area contributed by atoms with Gasteiger partial charge in [-0.3, -0.25) is 0 Å². The van der Waals surface area contributed by atoms with Crippen LogP contribution in [0.5, 0.6) is 5.75 Å². The van der Waals surface area contributed by atoms with E-state index in [1.807, 2.05) is 13.1 Å². The largest absolute Gasteiger partial charge is 0.494 e. The van der Waals surface area contributed by atoms with Gasteiger partial charge in [-0.15, -0.1) is 0 Å². The predicted molar refractivity (Wildman–Crippen MR) is 73.9 cm³/mol. The molecule has 0 spiro atoms. The lowest BCUT2D eigenvalue weighted by Gasteiger charge is -2.20. The smallest absolute Gasteiger partial charge is 0.165 e. The molecule has 0 fully saturated rings. The Balaban J connectivity index is 2.54. The van der Waals surface area contributed by atoms with Crippen LogP contribution in [0.3, 0.4) is 0 Å². The first kappa shape index (κ1) is 15.4. The lowest BCUT2D eigenvalue weighted by Crippen LogP contribution is -2.28. The molecule has 0 saturated heterocycles. The number of hydrogen-bond donors (Lipinski definition) is 0. The average Bonchev–Trinajstić information content (AvgIpc) is 2.29. The van der Waals surface area contributed by atoms with Crippen molar-refractivity contribution in [2.75, 3.05) is 34.4 Å². The number of ether oxygens (including phenoxy) is 2. The number of benzene rings is 1. The van der Waals surface area contributed by atoms with Crippen LogP contribution in [0.4, 0.5) is 4.39 Å². The van der Waals surface area contributed by atoms with Crippen molar-refractivity contribution >= 4 is 15.9 Å². The molecule has 1 unspecified atom stereocenters. The number of alkyl halides is 1. The van der Waals surface area contributed by atoms with Crippen LogP contribution in [-0.4, -0.2) is 44.1 Å². The molecule has 0 aliphatic rings. The van der Waals surface area contributed by atoms with Crippen LogP contribution >= 0.6 is 15.9 Å². The third-order valence-corrected chi connectivity index (χ3v) is 3.08. The van der Waals surface area contributed by atoms with Crippen molar-refractivity contribution in [3.63, 3.8) is 0 Å². The average molecular weight is 320 g/mol. The number of hydrogen-bond acceptors (Lipinski definition) is 3. The minimum atomic E-state index is -0.323. The molecule has 1 aromatic carbocycles. The minimum absolute atomic E-state index is 0.274. The van der Waals surface area contributed by atoms with Gasteiger partial charge in [-0.1, -0.05) is 22.0 Å². The van der Waals surface area contributed by atoms with Gasteiger partial charge in [-0.2, -0.15) is 0 Å². The molecule has 5 heteroatoms. The molecular weight excluding hydrogens is 301 g/mol. The van der Waals surface area contributed by atoms with Gasteiger partial charge >= 0.3 is 0 Å². The summed E-state index contributed by atoms with van der Waals surface area (Å²) in [4.78, 5) is 2.38.